The summed E-state index contributed by atoms with van der Waals surface area (Å²) in [6, 6.07) is 4.15. The summed E-state index contributed by atoms with van der Waals surface area (Å²) in [6.45, 7) is 6.61. The Kier molecular flexibility index (Phi) is 4.28. The molecule has 1 aliphatic rings. The first-order valence-corrected chi connectivity index (χ1v) is 7.54. The highest BCUT2D eigenvalue weighted by atomic mass is 32.1. The van der Waals surface area contributed by atoms with Gasteiger partial charge in [-0.05, 0) is 31.7 Å². The van der Waals surface area contributed by atoms with E-state index < -0.39 is 5.54 Å². The van der Waals surface area contributed by atoms with Gasteiger partial charge in [-0.25, -0.2) is 0 Å². The van der Waals surface area contributed by atoms with Crippen molar-refractivity contribution in [3.63, 3.8) is 0 Å². The monoisotopic (exact) mass is 282 g/mol. The van der Waals surface area contributed by atoms with Crippen LogP contribution < -0.4 is 5.32 Å². The highest BCUT2D eigenvalue weighted by molar-refractivity contribution is 7.10. The van der Waals surface area contributed by atoms with Gasteiger partial charge in [-0.2, -0.15) is 0 Å². The fourth-order valence-corrected chi connectivity index (χ4v) is 3.29. The Morgan fingerprint density at radius 1 is 1.63 bits per heavy atom. The zero-order valence-corrected chi connectivity index (χ0v) is 12.8. The molecule has 3 atom stereocenters. The SMILES string of the molecule is CCC1(C)NC(c2cccs2)N(C(C)COC)C1=O. The molecule has 0 aromatic carbocycles. The fraction of sp³-hybridized carbons (Fsp3) is 0.643. The lowest BCUT2D eigenvalue weighted by Crippen LogP contribution is -2.45. The molecule has 5 heteroatoms. The molecule has 0 saturated carbocycles. The molecule has 1 aromatic heterocycles. The average Bonchev–Trinajstić information content (AvgIpc) is 2.98. The highest BCUT2D eigenvalue weighted by Gasteiger charge is 2.49. The van der Waals surface area contributed by atoms with Crippen molar-refractivity contribution in [1.82, 2.24) is 10.2 Å². The molecule has 4 nitrogen and oxygen atoms in total. The van der Waals surface area contributed by atoms with Crippen LogP contribution in [0.3, 0.4) is 0 Å². The summed E-state index contributed by atoms with van der Waals surface area (Å²) in [7, 11) is 1.67. The summed E-state index contributed by atoms with van der Waals surface area (Å²) in [6.07, 6.45) is 0.742. The molecule has 2 rings (SSSR count). The van der Waals surface area contributed by atoms with Crippen LogP contribution in [0.15, 0.2) is 17.5 Å². The Morgan fingerprint density at radius 2 is 2.37 bits per heavy atom. The van der Waals surface area contributed by atoms with E-state index in [0.717, 1.165) is 6.42 Å². The second-order valence-electron chi connectivity index (χ2n) is 5.26. The second-order valence-corrected chi connectivity index (χ2v) is 6.24. The van der Waals surface area contributed by atoms with Gasteiger partial charge in [-0.1, -0.05) is 13.0 Å². The lowest BCUT2D eigenvalue weighted by molar-refractivity contribution is -0.135. The predicted octanol–water partition coefficient (Wildman–Crippen LogP) is 2.38. The molecule has 1 saturated heterocycles. The largest absolute Gasteiger partial charge is 0.383 e. The van der Waals surface area contributed by atoms with E-state index in [-0.39, 0.29) is 18.1 Å². The third-order valence-electron chi connectivity index (χ3n) is 3.84. The van der Waals surface area contributed by atoms with Crippen molar-refractivity contribution in [3.05, 3.63) is 22.4 Å². The maximum absolute atomic E-state index is 12.7. The Hall–Kier alpha value is -0.910. The molecule has 2 heterocycles. The predicted molar refractivity (Wildman–Crippen MR) is 77.1 cm³/mol. The standard InChI is InChI=1S/C14H22N2O2S/c1-5-14(3)13(17)16(10(2)9-18-4)12(15-14)11-7-6-8-19-11/h6-8,10,12,15H,5,9H2,1-4H3. The van der Waals surface area contributed by atoms with Crippen molar-refractivity contribution in [2.75, 3.05) is 13.7 Å². The van der Waals surface area contributed by atoms with Crippen LogP contribution in [-0.4, -0.2) is 36.1 Å². The topological polar surface area (TPSA) is 41.6 Å². The van der Waals surface area contributed by atoms with E-state index in [1.54, 1.807) is 18.4 Å². The first-order chi connectivity index (χ1) is 9.03. The zero-order valence-electron chi connectivity index (χ0n) is 12.0. The number of carbonyl (C=O) groups is 1. The molecular weight excluding hydrogens is 260 g/mol. The number of nitrogens with one attached hydrogen (secondary N) is 1. The number of nitrogens with zero attached hydrogens (tertiary/aromatic N) is 1. The van der Waals surface area contributed by atoms with Crippen molar-refractivity contribution >= 4 is 17.2 Å². The highest BCUT2D eigenvalue weighted by Crippen LogP contribution is 2.35. The first-order valence-electron chi connectivity index (χ1n) is 6.66. The van der Waals surface area contributed by atoms with Crippen molar-refractivity contribution in [2.24, 2.45) is 0 Å². The quantitative estimate of drug-likeness (QED) is 0.901. The molecule has 1 amide bonds. The minimum absolute atomic E-state index is 0.0393. The van der Waals surface area contributed by atoms with Gasteiger partial charge >= 0.3 is 0 Å². The van der Waals surface area contributed by atoms with Crippen molar-refractivity contribution in [3.8, 4) is 0 Å². The van der Waals surface area contributed by atoms with E-state index in [1.807, 2.05) is 37.1 Å². The Bertz CT molecular complexity index is 435. The lowest BCUT2D eigenvalue weighted by Gasteiger charge is -2.29. The number of methoxy groups -OCH3 is 1. The molecule has 1 aromatic rings. The van der Waals surface area contributed by atoms with Crippen LogP contribution in [0.4, 0.5) is 0 Å². The Labute approximate surface area is 118 Å². The summed E-state index contributed by atoms with van der Waals surface area (Å²) < 4.78 is 5.21. The van der Waals surface area contributed by atoms with E-state index in [1.165, 1.54) is 4.88 Å². The van der Waals surface area contributed by atoms with E-state index in [4.69, 9.17) is 4.74 Å². The lowest BCUT2D eigenvalue weighted by atomic mass is 9.99. The van der Waals surface area contributed by atoms with Crippen LogP contribution in [0, 0.1) is 0 Å². The van der Waals surface area contributed by atoms with Crippen molar-refractivity contribution < 1.29 is 9.53 Å². The van der Waals surface area contributed by atoms with Gasteiger partial charge < -0.3 is 9.64 Å². The van der Waals surface area contributed by atoms with E-state index in [0.29, 0.717) is 6.61 Å². The van der Waals surface area contributed by atoms with Gasteiger partial charge in [0.25, 0.3) is 0 Å². The second kappa shape index (κ2) is 5.61. The molecule has 19 heavy (non-hydrogen) atoms. The van der Waals surface area contributed by atoms with E-state index >= 15 is 0 Å². The molecule has 3 unspecified atom stereocenters. The summed E-state index contributed by atoms with van der Waals surface area (Å²) >= 11 is 1.68. The number of amides is 1. The summed E-state index contributed by atoms with van der Waals surface area (Å²) in [5, 5.41) is 5.53. The minimum atomic E-state index is -0.476. The molecular formula is C14H22N2O2S. The number of carbonyl (C=O) groups excluding carboxylic acids is 1. The van der Waals surface area contributed by atoms with Gasteiger partial charge in [-0.15, -0.1) is 11.3 Å². The summed E-state index contributed by atoms with van der Waals surface area (Å²) in [5.74, 6) is 0.165. The van der Waals surface area contributed by atoms with Crippen LogP contribution in [0.5, 0.6) is 0 Å². The van der Waals surface area contributed by atoms with Crippen LogP contribution in [0.25, 0.3) is 0 Å². The van der Waals surface area contributed by atoms with Crippen LogP contribution in [0.1, 0.15) is 38.2 Å². The van der Waals surface area contributed by atoms with Crippen LogP contribution in [-0.2, 0) is 9.53 Å². The number of hydrogen-bond acceptors (Lipinski definition) is 4. The summed E-state index contributed by atoms with van der Waals surface area (Å²) in [5.41, 5.74) is -0.476. The molecule has 0 bridgehead atoms. The molecule has 0 aliphatic carbocycles. The van der Waals surface area contributed by atoms with Gasteiger partial charge in [0.15, 0.2) is 0 Å². The molecule has 106 valence electrons. The van der Waals surface area contributed by atoms with Gasteiger partial charge in [0, 0.05) is 12.0 Å². The molecule has 1 fully saturated rings. The number of ether oxygens (including phenoxy) is 1. The van der Waals surface area contributed by atoms with Gasteiger partial charge in [0.1, 0.15) is 6.17 Å². The third kappa shape index (κ3) is 2.55. The van der Waals surface area contributed by atoms with Gasteiger partial charge in [-0.3, -0.25) is 10.1 Å². The normalized spacial score (nSPS) is 28.9. The fourth-order valence-electron chi connectivity index (χ4n) is 2.52. The smallest absolute Gasteiger partial charge is 0.244 e. The number of hydrogen-bond donors (Lipinski definition) is 1. The first kappa shape index (κ1) is 14.5. The summed E-state index contributed by atoms with van der Waals surface area (Å²) in [4.78, 5) is 15.8. The Balaban J connectivity index is 2.32. The minimum Gasteiger partial charge on any atom is -0.383 e. The Morgan fingerprint density at radius 3 is 2.89 bits per heavy atom. The number of rotatable bonds is 5. The maximum Gasteiger partial charge on any atom is 0.244 e. The third-order valence-corrected chi connectivity index (χ3v) is 4.77. The van der Waals surface area contributed by atoms with Crippen molar-refractivity contribution in [1.29, 1.82) is 0 Å². The molecule has 0 spiro atoms. The molecule has 1 aliphatic heterocycles. The van der Waals surface area contributed by atoms with Gasteiger partial charge in [0.05, 0.1) is 18.2 Å². The number of thiophene rings is 1. The zero-order chi connectivity index (χ0) is 14.0. The van der Waals surface area contributed by atoms with Gasteiger partial charge in [0.2, 0.25) is 5.91 Å². The van der Waals surface area contributed by atoms with Crippen LogP contribution >= 0.6 is 11.3 Å². The molecule has 0 radical (unpaired) electrons. The molecule has 1 N–H and O–H groups in total. The van der Waals surface area contributed by atoms with E-state index in [9.17, 15) is 4.79 Å². The van der Waals surface area contributed by atoms with Crippen LogP contribution in [0.2, 0.25) is 0 Å². The van der Waals surface area contributed by atoms with Crippen molar-refractivity contribution in [2.45, 2.75) is 44.9 Å². The average molecular weight is 282 g/mol. The van der Waals surface area contributed by atoms with E-state index in [2.05, 4.69) is 11.4 Å². The maximum atomic E-state index is 12.7.